The van der Waals surface area contributed by atoms with Crippen LogP contribution in [0.1, 0.15) is 16.8 Å². The fourth-order valence-corrected chi connectivity index (χ4v) is 3.25. The van der Waals surface area contributed by atoms with Crippen molar-refractivity contribution in [3.8, 4) is 6.07 Å². The fraction of sp³-hybridized carbons (Fsp3) is 0.158. The van der Waals surface area contributed by atoms with Gasteiger partial charge < -0.3 is 15.2 Å². The molecular formula is C19H16N4O. The van der Waals surface area contributed by atoms with E-state index in [1.807, 2.05) is 18.2 Å². The van der Waals surface area contributed by atoms with Crippen LogP contribution >= 0.6 is 0 Å². The first-order valence-electron chi connectivity index (χ1n) is 7.90. The molecule has 0 unspecified atom stereocenters. The number of urea groups is 1. The van der Waals surface area contributed by atoms with Crippen LogP contribution in [0.15, 0.2) is 48.5 Å². The van der Waals surface area contributed by atoms with Crippen molar-refractivity contribution in [2.24, 2.45) is 0 Å². The summed E-state index contributed by atoms with van der Waals surface area (Å²) in [4.78, 5) is 17.7. The average Bonchev–Trinajstić information content (AvgIpc) is 3.00. The lowest BCUT2D eigenvalue weighted by Crippen LogP contribution is -2.38. The van der Waals surface area contributed by atoms with Gasteiger partial charge in [-0.1, -0.05) is 30.3 Å². The molecule has 4 rings (SSSR count). The molecule has 0 saturated heterocycles. The first kappa shape index (κ1) is 14.3. The Hall–Kier alpha value is -3.26. The van der Waals surface area contributed by atoms with Crippen LogP contribution in [-0.4, -0.2) is 22.5 Å². The number of nitrogens with zero attached hydrogens (tertiary/aromatic N) is 2. The van der Waals surface area contributed by atoms with Gasteiger partial charge in [-0.05, 0) is 30.2 Å². The number of carbonyl (C=O) groups excluding carboxylic acids is 1. The van der Waals surface area contributed by atoms with Gasteiger partial charge in [-0.15, -0.1) is 0 Å². The van der Waals surface area contributed by atoms with E-state index in [4.69, 9.17) is 5.26 Å². The minimum Gasteiger partial charge on any atom is -0.357 e. The average molecular weight is 316 g/mol. The molecule has 2 aromatic carbocycles. The number of aromatic nitrogens is 1. The lowest BCUT2D eigenvalue weighted by molar-refractivity contribution is 0.206. The fourth-order valence-electron chi connectivity index (χ4n) is 3.25. The van der Waals surface area contributed by atoms with Crippen LogP contribution in [0.3, 0.4) is 0 Å². The molecule has 5 nitrogen and oxygen atoms in total. The van der Waals surface area contributed by atoms with Gasteiger partial charge in [-0.2, -0.15) is 5.26 Å². The third-order valence-electron chi connectivity index (χ3n) is 4.46. The van der Waals surface area contributed by atoms with E-state index in [0.29, 0.717) is 24.3 Å². The molecule has 24 heavy (non-hydrogen) atoms. The molecule has 2 heterocycles. The van der Waals surface area contributed by atoms with Crippen LogP contribution in [0.5, 0.6) is 0 Å². The van der Waals surface area contributed by atoms with Crippen molar-refractivity contribution in [2.75, 3.05) is 11.9 Å². The first-order chi connectivity index (χ1) is 11.8. The number of nitriles is 1. The number of aromatic amines is 1. The first-order valence-corrected chi connectivity index (χ1v) is 7.90. The Morgan fingerprint density at radius 2 is 1.96 bits per heavy atom. The van der Waals surface area contributed by atoms with Crippen molar-refractivity contribution in [1.82, 2.24) is 9.88 Å². The highest BCUT2D eigenvalue weighted by molar-refractivity contribution is 5.91. The van der Waals surface area contributed by atoms with E-state index >= 15 is 0 Å². The monoisotopic (exact) mass is 316 g/mol. The Bertz CT molecular complexity index is 967. The van der Waals surface area contributed by atoms with Crippen LogP contribution in [0.4, 0.5) is 10.5 Å². The number of rotatable bonds is 1. The summed E-state index contributed by atoms with van der Waals surface area (Å²) in [5, 5.41) is 13.2. The third kappa shape index (κ3) is 2.38. The molecule has 0 bridgehead atoms. The predicted molar refractivity (Wildman–Crippen MR) is 92.6 cm³/mol. The van der Waals surface area contributed by atoms with Crippen molar-refractivity contribution in [2.45, 2.75) is 13.0 Å². The summed E-state index contributed by atoms with van der Waals surface area (Å²) in [5.74, 6) is 0. The zero-order valence-electron chi connectivity index (χ0n) is 13.0. The number of hydrogen-bond acceptors (Lipinski definition) is 2. The number of carbonyl (C=O) groups is 1. The highest BCUT2D eigenvalue weighted by Crippen LogP contribution is 2.27. The summed E-state index contributed by atoms with van der Waals surface area (Å²) in [5.41, 5.74) is 4.51. The van der Waals surface area contributed by atoms with Gasteiger partial charge in [-0.3, -0.25) is 0 Å². The van der Waals surface area contributed by atoms with Gasteiger partial charge in [0.15, 0.2) is 0 Å². The normalized spacial score (nSPS) is 13.4. The van der Waals surface area contributed by atoms with E-state index in [0.717, 1.165) is 17.6 Å². The van der Waals surface area contributed by atoms with E-state index in [2.05, 4.69) is 28.5 Å². The molecule has 1 aliphatic rings. The van der Waals surface area contributed by atoms with Crippen molar-refractivity contribution < 1.29 is 4.79 Å². The lowest BCUT2D eigenvalue weighted by Gasteiger charge is -2.27. The Labute approximate surface area is 139 Å². The minimum atomic E-state index is -0.179. The summed E-state index contributed by atoms with van der Waals surface area (Å²) in [7, 11) is 0. The SMILES string of the molecule is N#Cc1ccccc1NC(=O)N1CCc2c([nH]c3ccccc23)C1. The molecular weight excluding hydrogens is 300 g/mol. The largest absolute Gasteiger partial charge is 0.357 e. The quantitative estimate of drug-likeness (QED) is 0.719. The van der Waals surface area contributed by atoms with Crippen LogP contribution < -0.4 is 5.32 Å². The Morgan fingerprint density at radius 1 is 1.17 bits per heavy atom. The number of para-hydroxylation sites is 2. The standard InChI is InChI=1S/C19H16N4O/c20-11-13-5-1-3-7-16(13)22-19(24)23-10-9-15-14-6-2-4-8-17(14)21-18(15)12-23/h1-8,21H,9-10,12H2,(H,22,24). The van der Waals surface area contributed by atoms with Gasteiger partial charge in [0.1, 0.15) is 6.07 Å². The van der Waals surface area contributed by atoms with E-state index in [1.165, 1.54) is 10.9 Å². The number of fused-ring (bicyclic) bond motifs is 3. The maximum atomic E-state index is 12.6. The highest BCUT2D eigenvalue weighted by Gasteiger charge is 2.24. The summed E-state index contributed by atoms with van der Waals surface area (Å²) in [6.07, 6.45) is 0.826. The van der Waals surface area contributed by atoms with Crippen LogP contribution in [0.25, 0.3) is 10.9 Å². The molecule has 0 radical (unpaired) electrons. The van der Waals surface area contributed by atoms with E-state index in [9.17, 15) is 4.79 Å². The Kier molecular flexibility index (Phi) is 3.43. The smallest absolute Gasteiger partial charge is 0.322 e. The molecule has 0 spiro atoms. The molecule has 3 aromatic rings. The van der Waals surface area contributed by atoms with Crippen LogP contribution in [-0.2, 0) is 13.0 Å². The maximum absolute atomic E-state index is 12.6. The van der Waals surface area contributed by atoms with Crippen molar-refractivity contribution in [3.05, 3.63) is 65.4 Å². The second-order valence-electron chi connectivity index (χ2n) is 5.89. The number of nitrogens with one attached hydrogen (secondary N) is 2. The highest BCUT2D eigenvalue weighted by atomic mass is 16.2. The Morgan fingerprint density at radius 3 is 2.83 bits per heavy atom. The molecule has 0 fully saturated rings. The van der Waals surface area contributed by atoms with Gasteiger partial charge in [0.25, 0.3) is 0 Å². The second kappa shape index (κ2) is 5.74. The van der Waals surface area contributed by atoms with Crippen molar-refractivity contribution in [3.63, 3.8) is 0 Å². The predicted octanol–water partition coefficient (Wildman–Crippen LogP) is 3.63. The van der Waals surface area contributed by atoms with Gasteiger partial charge in [0.2, 0.25) is 0 Å². The molecule has 1 aromatic heterocycles. The lowest BCUT2D eigenvalue weighted by atomic mass is 10.0. The van der Waals surface area contributed by atoms with Gasteiger partial charge >= 0.3 is 6.03 Å². The molecule has 1 aliphatic heterocycles. The third-order valence-corrected chi connectivity index (χ3v) is 4.46. The number of amides is 2. The van der Waals surface area contributed by atoms with Gasteiger partial charge in [0, 0.05) is 23.1 Å². The summed E-state index contributed by atoms with van der Waals surface area (Å²) >= 11 is 0. The van der Waals surface area contributed by atoms with E-state index < -0.39 is 0 Å². The van der Waals surface area contributed by atoms with Crippen molar-refractivity contribution in [1.29, 1.82) is 5.26 Å². The van der Waals surface area contributed by atoms with Crippen molar-refractivity contribution >= 4 is 22.6 Å². The second-order valence-corrected chi connectivity index (χ2v) is 5.89. The van der Waals surface area contributed by atoms with E-state index in [-0.39, 0.29) is 6.03 Å². The summed E-state index contributed by atoms with van der Waals surface area (Å²) in [6, 6.07) is 17.2. The maximum Gasteiger partial charge on any atom is 0.322 e. The zero-order valence-corrected chi connectivity index (χ0v) is 13.0. The molecule has 2 N–H and O–H groups in total. The number of hydrogen-bond donors (Lipinski definition) is 2. The number of H-pyrrole nitrogens is 1. The zero-order chi connectivity index (χ0) is 16.5. The van der Waals surface area contributed by atoms with Gasteiger partial charge in [-0.25, -0.2) is 4.79 Å². The van der Waals surface area contributed by atoms with Gasteiger partial charge in [0.05, 0.1) is 17.8 Å². The number of anilines is 1. The molecule has 5 heteroatoms. The molecule has 118 valence electrons. The van der Waals surface area contributed by atoms with Crippen LogP contribution in [0.2, 0.25) is 0 Å². The molecule has 2 amide bonds. The molecule has 0 aliphatic carbocycles. The molecule has 0 saturated carbocycles. The summed E-state index contributed by atoms with van der Waals surface area (Å²) in [6.45, 7) is 1.21. The van der Waals surface area contributed by atoms with Crippen LogP contribution in [0, 0.1) is 11.3 Å². The molecule has 0 atom stereocenters. The van der Waals surface area contributed by atoms with E-state index in [1.54, 1.807) is 23.1 Å². The number of benzene rings is 2. The Balaban J connectivity index is 1.56. The summed E-state index contributed by atoms with van der Waals surface area (Å²) < 4.78 is 0. The minimum absolute atomic E-state index is 0.179. The topological polar surface area (TPSA) is 71.9 Å².